The van der Waals surface area contributed by atoms with Crippen LogP contribution < -0.4 is 5.56 Å². The van der Waals surface area contributed by atoms with Gasteiger partial charge in [0.2, 0.25) is 5.91 Å². The van der Waals surface area contributed by atoms with E-state index in [9.17, 15) is 14.4 Å². The predicted octanol–water partition coefficient (Wildman–Crippen LogP) is 1.75. The van der Waals surface area contributed by atoms with Crippen molar-refractivity contribution in [2.24, 2.45) is 5.92 Å². The van der Waals surface area contributed by atoms with Gasteiger partial charge in [-0.15, -0.1) is 11.3 Å². The number of rotatable bonds is 4. The lowest BCUT2D eigenvalue weighted by Gasteiger charge is -2.31. The second kappa shape index (κ2) is 7.42. The van der Waals surface area contributed by atoms with Crippen molar-refractivity contribution in [1.82, 2.24) is 14.5 Å². The number of esters is 1. The summed E-state index contributed by atoms with van der Waals surface area (Å²) in [5, 5.41) is 0.698. The second-order valence-corrected chi connectivity index (χ2v) is 8.21. The zero-order chi connectivity index (χ0) is 19.0. The largest absolute Gasteiger partial charge is 0.466 e. The van der Waals surface area contributed by atoms with Crippen LogP contribution in [0.5, 0.6) is 0 Å². The summed E-state index contributed by atoms with van der Waals surface area (Å²) in [6, 6.07) is 0. The zero-order valence-electron chi connectivity index (χ0n) is 15.4. The first kappa shape index (κ1) is 18.2. The number of hydrogen-bond donors (Lipinski definition) is 0. The van der Waals surface area contributed by atoms with Crippen LogP contribution in [-0.2, 0) is 33.7 Å². The Morgan fingerprint density at radius 2 is 2.07 bits per heavy atom. The van der Waals surface area contributed by atoms with Crippen LogP contribution in [0.25, 0.3) is 10.2 Å². The fourth-order valence-corrected chi connectivity index (χ4v) is 5.22. The van der Waals surface area contributed by atoms with Crippen molar-refractivity contribution in [2.45, 2.75) is 45.6 Å². The van der Waals surface area contributed by atoms with Crippen molar-refractivity contribution < 1.29 is 14.3 Å². The van der Waals surface area contributed by atoms with Crippen molar-refractivity contribution in [2.75, 3.05) is 19.7 Å². The van der Waals surface area contributed by atoms with Gasteiger partial charge in [0, 0.05) is 18.0 Å². The van der Waals surface area contributed by atoms with Crippen LogP contribution in [0.2, 0.25) is 0 Å². The molecule has 3 heterocycles. The molecular formula is C19H23N3O4S. The van der Waals surface area contributed by atoms with Gasteiger partial charge in [0.25, 0.3) is 5.56 Å². The number of nitrogens with zero attached hydrogens (tertiary/aromatic N) is 3. The molecule has 2 aromatic rings. The van der Waals surface area contributed by atoms with Crippen molar-refractivity contribution in [3.63, 3.8) is 0 Å². The molecule has 0 atom stereocenters. The lowest BCUT2D eigenvalue weighted by atomic mass is 9.97. The number of carbonyl (C=O) groups excluding carboxylic acids is 2. The number of aryl methyl sites for hydroxylation is 2. The SMILES string of the molecule is CCOC(=O)C1CCN(C(=O)Cn2cnc3sc4c(c3c2=O)CCC4)CC1. The summed E-state index contributed by atoms with van der Waals surface area (Å²) in [4.78, 5) is 45.5. The highest BCUT2D eigenvalue weighted by Crippen LogP contribution is 2.34. The highest BCUT2D eigenvalue weighted by atomic mass is 32.1. The molecule has 0 saturated carbocycles. The van der Waals surface area contributed by atoms with Gasteiger partial charge in [-0.2, -0.15) is 0 Å². The van der Waals surface area contributed by atoms with E-state index in [1.807, 2.05) is 0 Å². The lowest BCUT2D eigenvalue weighted by molar-refractivity contribution is -0.151. The molecule has 1 aliphatic carbocycles. The van der Waals surface area contributed by atoms with E-state index >= 15 is 0 Å². The van der Waals surface area contributed by atoms with Crippen LogP contribution in [0.4, 0.5) is 0 Å². The van der Waals surface area contributed by atoms with E-state index in [1.54, 1.807) is 23.2 Å². The van der Waals surface area contributed by atoms with Crippen molar-refractivity contribution in [3.8, 4) is 0 Å². The third-order valence-electron chi connectivity index (χ3n) is 5.47. The molecule has 1 fully saturated rings. The fraction of sp³-hybridized carbons (Fsp3) is 0.579. The summed E-state index contributed by atoms with van der Waals surface area (Å²) < 4.78 is 6.49. The lowest BCUT2D eigenvalue weighted by Crippen LogP contribution is -2.43. The van der Waals surface area contributed by atoms with E-state index in [2.05, 4.69) is 4.98 Å². The summed E-state index contributed by atoms with van der Waals surface area (Å²) in [6.07, 6.45) is 5.72. The van der Waals surface area contributed by atoms with Crippen LogP contribution in [0.3, 0.4) is 0 Å². The standard InChI is InChI=1S/C19H23N3O4S/c1-2-26-19(25)12-6-8-21(9-7-12)15(23)10-22-11-20-17-16(18(22)24)13-4-3-5-14(13)27-17/h11-12H,2-10H2,1H3. The number of likely N-dealkylation sites (tertiary alicyclic amines) is 1. The molecular weight excluding hydrogens is 366 g/mol. The first-order valence-corrected chi connectivity index (χ1v) is 10.3. The number of thiophene rings is 1. The highest BCUT2D eigenvalue weighted by molar-refractivity contribution is 7.18. The quantitative estimate of drug-likeness (QED) is 0.744. The monoisotopic (exact) mass is 389 g/mol. The van der Waals surface area contributed by atoms with Gasteiger partial charge in [0.05, 0.1) is 24.2 Å². The minimum atomic E-state index is -0.179. The number of piperidine rings is 1. The Balaban J connectivity index is 1.45. The first-order valence-electron chi connectivity index (χ1n) is 9.52. The first-order chi connectivity index (χ1) is 13.1. The average molecular weight is 389 g/mol. The topological polar surface area (TPSA) is 81.5 Å². The summed E-state index contributed by atoms with van der Waals surface area (Å²) in [7, 11) is 0. The van der Waals surface area contributed by atoms with Gasteiger partial charge in [-0.25, -0.2) is 4.98 Å². The Hall–Kier alpha value is -2.22. The van der Waals surface area contributed by atoms with E-state index in [0.717, 1.165) is 29.7 Å². The Kier molecular flexibility index (Phi) is 4.99. The Morgan fingerprint density at radius 3 is 2.81 bits per heavy atom. The molecule has 8 heteroatoms. The molecule has 2 aromatic heterocycles. The van der Waals surface area contributed by atoms with E-state index < -0.39 is 0 Å². The Bertz CT molecular complexity index is 940. The minimum absolute atomic E-state index is 0.00351. The van der Waals surface area contributed by atoms with Crippen LogP contribution >= 0.6 is 11.3 Å². The molecule has 27 heavy (non-hydrogen) atoms. The molecule has 0 bridgehead atoms. The molecule has 1 aliphatic heterocycles. The summed E-state index contributed by atoms with van der Waals surface area (Å²) in [6.45, 7) is 3.20. The van der Waals surface area contributed by atoms with E-state index in [1.165, 1.54) is 15.8 Å². The van der Waals surface area contributed by atoms with Gasteiger partial charge in [0.15, 0.2) is 0 Å². The smallest absolute Gasteiger partial charge is 0.309 e. The van der Waals surface area contributed by atoms with Crippen molar-refractivity contribution in [3.05, 3.63) is 27.1 Å². The summed E-state index contributed by atoms with van der Waals surface area (Å²) in [5.41, 5.74) is 1.01. The molecule has 1 amide bonds. The molecule has 144 valence electrons. The summed E-state index contributed by atoms with van der Waals surface area (Å²) >= 11 is 1.60. The molecule has 1 saturated heterocycles. The maximum Gasteiger partial charge on any atom is 0.309 e. The van der Waals surface area contributed by atoms with Gasteiger partial charge in [-0.3, -0.25) is 19.0 Å². The second-order valence-electron chi connectivity index (χ2n) is 7.12. The Morgan fingerprint density at radius 1 is 1.30 bits per heavy atom. The molecule has 0 N–H and O–H groups in total. The van der Waals surface area contributed by atoms with E-state index in [4.69, 9.17) is 4.74 Å². The molecule has 2 aliphatic rings. The van der Waals surface area contributed by atoms with Gasteiger partial charge in [0.1, 0.15) is 11.4 Å². The summed E-state index contributed by atoms with van der Waals surface area (Å²) in [5.74, 6) is -0.419. The Labute approximate surface area is 160 Å². The number of fused-ring (bicyclic) bond motifs is 3. The van der Waals surface area contributed by atoms with Crippen molar-refractivity contribution >= 4 is 33.4 Å². The maximum absolute atomic E-state index is 12.9. The third kappa shape index (κ3) is 3.38. The minimum Gasteiger partial charge on any atom is -0.466 e. The van der Waals surface area contributed by atoms with Crippen LogP contribution in [0.1, 0.15) is 36.6 Å². The number of aromatic nitrogens is 2. The molecule has 4 rings (SSSR count). The third-order valence-corrected chi connectivity index (χ3v) is 6.66. The maximum atomic E-state index is 12.9. The van der Waals surface area contributed by atoms with Gasteiger partial charge >= 0.3 is 5.97 Å². The highest BCUT2D eigenvalue weighted by Gasteiger charge is 2.28. The van der Waals surface area contributed by atoms with Crippen LogP contribution in [0.15, 0.2) is 11.1 Å². The number of amides is 1. The van der Waals surface area contributed by atoms with E-state index in [-0.39, 0.29) is 29.9 Å². The molecule has 0 unspecified atom stereocenters. The van der Waals surface area contributed by atoms with Gasteiger partial charge in [-0.05, 0) is 44.6 Å². The normalized spacial score (nSPS) is 17.3. The van der Waals surface area contributed by atoms with E-state index in [0.29, 0.717) is 37.9 Å². The average Bonchev–Trinajstić information content (AvgIpc) is 3.25. The van der Waals surface area contributed by atoms with Crippen molar-refractivity contribution in [1.29, 1.82) is 0 Å². The number of hydrogen-bond acceptors (Lipinski definition) is 6. The van der Waals surface area contributed by atoms with Crippen LogP contribution in [0, 0.1) is 5.92 Å². The molecule has 0 radical (unpaired) electrons. The predicted molar refractivity (Wildman–Crippen MR) is 102 cm³/mol. The van der Waals surface area contributed by atoms with Crippen LogP contribution in [-0.4, -0.2) is 46.0 Å². The molecule has 0 aromatic carbocycles. The fourth-order valence-electron chi connectivity index (χ4n) is 4.00. The number of ether oxygens (including phenoxy) is 1. The molecule has 7 nitrogen and oxygen atoms in total. The molecule has 0 spiro atoms. The van der Waals surface area contributed by atoms with Gasteiger partial charge in [-0.1, -0.05) is 0 Å². The van der Waals surface area contributed by atoms with Gasteiger partial charge < -0.3 is 9.64 Å². The number of carbonyl (C=O) groups is 2. The zero-order valence-corrected chi connectivity index (χ0v) is 16.2.